The van der Waals surface area contributed by atoms with Gasteiger partial charge >= 0.3 is 5.97 Å². The highest BCUT2D eigenvalue weighted by Crippen LogP contribution is 2.25. The van der Waals surface area contributed by atoms with E-state index in [4.69, 9.17) is 5.11 Å². The molecule has 0 aliphatic carbocycles. The van der Waals surface area contributed by atoms with Crippen molar-refractivity contribution < 1.29 is 14.7 Å². The minimum atomic E-state index is -1.02. The van der Waals surface area contributed by atoms with E-state index in [9.17, 15) is 9.59 Å². The van der Waals surface area contributed by atoms with E-state index in [-0.39, 0.29) is 12.5 Å². The second-order valence-corrected chi connectivity index (χ2v) is 5.32. The number of nitrogens with zero attached hydrogens (tertiary/aromatic N) is 1. The van der Waals surface area contributed by atoms with Crippen LogP contribution in [0.1, 0.15) is 26.3 Å². The van der Waals surface area contributed by atoms with Crippen LogP contribution >= 0.6 is 0 Å². The number of carboxylic acid groups (broad SMARTS) is 1. The predicted molar refractivity (Wildman–Crippen MR) is 70.6 cm³/mol. The molecule has 0 bridgehead atoms. The van der Waals surface area contributed by atoms with Gasteiger partial charge in [-0.25, -0.2) is 0 Å². The average Bonchev–Trinajstić information content (AvgIpc) is 2.24. The second-order valence-electron chi connectivity index (χ2n) is 5.32. The van der Waals surface area contributed by atoms with Crippen LogP contribution in [0.5, 0.6) is 0 Å². The Morgan fingerprint density at radius 2 is 1.78 bits per heavy atom. The van der Waals surface area contributed by atoms with E-state index in [2.05, 4.69) is 0 Å². The summed E-state index contributed by atoms with van der Waals surface area (Å²) >= 11 is 0. The lowest BCUT2D eigenvalue weighted by Crippen LogP contribution is -2.42. The Balaban J connectivity index is 3.18. The Kier molecular flexibility index (Phi) is 4.11. The number of carbonyl (C=O) groups is 2. The zero-order valence-corrected chi connectivity index (χ0v) is 11.2. The zero-order valence-electron chi connectivity index (χ0n) is 11.2. The molecule has 1 N–H and O–H groups in total. The van der Waals surface area contributed by atoms with Crippen molar-refractivity contribution in [1.82, 2.24) is 0 Å². The van der Waals surface area contributed by atoms with Crippen LogP contribution in [0.15, 0.2) is 24.3 Å². The summed E-state index contributed by atoms with van der Waals surface area (Å²) in [6.45, 7) is 6.88. The number of carboxylic acids is 1. The summed E-state index contributed by atoms with van der Waals surface area (Å²) in [5, 5.41) is 8.96. The normalized spacial score (nSPS) is 11.1. The van der Waals surface area contributed by atoms with Crippen LogP contribution in [-0.2, 0) is 9.59 Å². The molecule has 1 aromatic rings. The Morgan fingerprint density at radius 3 is 2.22 bits per heavy atom. The smallest absolute Gasteiger partial charge is 0.323 e. The van der Waals surface area contributed by atoms with Crippen molar-refractivity contribution in [1.29, 1.82) is 0 Å². The second kappa shape index (κ2) is 5.21. The van der Waals surface area contributed by atoms with Crippen LogP contribution in [0.25, 0.3) is 0 Å². The Labute approximate surface area is 107 Å². The molecule has 0 atom stereocenters. The number of hydrogen-bond acceptors (Lipinski definition) is 2. The molecule has 0 saturated carbocycles. The number of rotatable bonds is 3. The molecule has 0 radical (unpaired) electrons. The molecular weight excluding hydrogens is 230 g/mol. The third-order valence-corrected chi connectivity index (χ3v) is 2.59. The van der Waals surface area contributed by atoms with E-state index < -0.39 is 11.4 Å². The fourth-order valence-corrected chi connectivity index (χ4v) is 1.67. The van der Waals surface area contributed by atoms with Crippen LogP contribution in [0.3, 0.4) is 0 Å². The summed E-state index contributed by atoms with van der Waals surface area (Å²) in [5.41, 5.74) is 0.925. The molecule has 0 aliphatic heterocycles. The van der Waals surface area contributed by atoms with E-state index >= 15 is 0 Å². The first-order valence-electron chi connectivity index (χ1n) is 5.83. The van der Waals surface area contributed by atoms with Gasteiger partial charge in [0.05, 0.1) is 0 Å². The number of carbonyl (C=O) groups excluding carboxylic acids is 1. The lowest BCUT2D eigenvalue weighted by molar-refractivity contribution is -0.137. The van der Waals surface area contributed by atoms with E-state index in [1.54, 1.807) is 32.9 Å². The standard InChI is InChI=1S/C14H19NO3/c1-10-7-5-6-8-11(10)15(9-12(16)17)13(18)14(2,3)4/h5-8H,9H2,1-4H3,(H,16,17). The van der Waals surface area contributed by atoms with Crippen LogP contribution in [-0.4, -0.2) is 23.5 Å². The molecular formula is C14H19NO3. The van der Waals surface area contributed by atoms with Crippen molar-refractivity contribution in [2.75, 3.05) is 11.4 Å². The summed E-state index contributed by atoms with van der Waals surface area (Å²) < 4.78 is 0. The number of aliphatic carboxylic acids is 1. The first-order chi connectivity index (χ1) is 8.23. The molecule has 0 unspecified atom stereocenters. The predicted octanol–water partition coefficient (Wildman–Crippen LogP) is 2.46. The van der Waals surface area contributed by atoms with E-state index in [0.717, 1.165) is 5.56 Å². The van der Waals surface area contributed by atoms with Gasteiger partial charge < -0.3 is 10.0 Å². The fraction of sp³-hybridized carbons (Fsp3) is 0.429. The van der Waals surface area contributed by atoms with Crippen LogP contribution in [0, 0.1) is 12.3 Å². The van der Waals surface area contributed by atoms with Crippen molar-refractivity contribution >= 4 is 17.6 Å². The molecule has 0 fully saturated rings. The van der Waals surface area contributed by atoms with E-state index in [0.29, 0.717) is 5.69 Å². The lowest BCUT2D eigenvalue weighted by Gasteiger charge is -2.29. The Bertz CT molecular complexity index is 460. The molecule has 1 amide bonds. The summed E-state index contributed by atoms with van der Waals surface area (Å²) in [7, 11) is 0. The van der Waals surface area contributed by atoms with Crippen molar-refractivity contribution in [3.63, 3.8) is 0 Å². The molecule has 1 rings (SSSR count). The first-order valence-corrected chi connectivity index (χ1v) is 5.83. The molecule has 0 aromatic heterocycles. The van der Waals surface area contributed by atoms with Gasteiger partial charge in [-0.3, -0.25) is 9.59 Å². The third kappa shape index (κ3) is 3.32. The zero-order chi connectivity index (χ0) is 13.9. The monoisotopic (exact) mass is 249 g/mol. The van der Waals surface area contributed by atoms with Crippen LogP contribution in [0.2, 0.25) is 0 Å². The first kappa shape index (κ1) is 14.2. The maximum Gasteiger partial charge on any atom is 0.323 e. The van der Waals surface area contributed by atoms with Gasteiger partial charge in [-0.15, -0.1) is 0 Å². The number of benzene rings is 1. The molecule has 18 heavy (non-hydrogen) atoms. The fourth-order valence-electron chi connectivity index (χ4n) is 1.67. The average molecular weight is 249 g/mol. The quantitative estimate of drug-likeness (QED) is 0.895. The number of hydrogen-bond donors (Lipinski definition) is 1. The Hall–Kier alpha value is -1.84. The van der Waals surface area contributed by atoms with Gasteiger partial charge in [-0.05, 0) is 18.6 Å². The van der Waals surface area contributed by atoms with Crippen molar-refractivity contribution in [3.8, 4) is 0 Å². The third-order valence-electron chi connectivity index (χ3n) is 2.59. The lowest BCUT2D eigenvalue weighted by atomic mass is 9.94. The van der Waals surface area contributed by atoms with Crippen molar-refractivity contribution in [3.05, 3.63) is 29.8 Å². The molecule has 98 valence electrons. The molecule has 1 aromatic carbocycles. The van der Waals surface area contributed by atoms with E-state index in [1.807, 2.05) is 19.1 Å². The van der Waals surface area contributed by atoms with Gasteiger partial charge in [0.2, 0.25) is 5.91 Å². The van der Waals surface area contributed by atoms with Gasteiger partial charge in [0.1, 0.15) is 6.54 Å². The van der Waals surface area contributed by atoms with Crippen LogP contribution < -0.4 is 4.90 Å². The van der Waals surface area contributed by atoms with Crippen molar-refractivity contribution in [2.24, 2.45) is 5.41 Å². The minimum absolute atomic E-state index is 0.195. The summed E-state index contributed by atoms with van der Waals surface area (Å²) in [5.74, 6) is -1.21. The molecule has 4 heteroatoms. The maximum atomic E-state index is 12.3. The van der Waals surface area contributed by atoms with Gasteiger partial charge in [-0.2, -0.15) is 0 Å². The van der Waals surface area contributed by atoms with Gasteiger partial charge in [0.15, 0.2) is 0 Å². The summed E-state index contributed by atoms with van der Waals surface area (Å²) in [6, 6.07) is 7.29. The molecule has 0 saturated heterocycles. The number of anilines is 1. The number of para-hydroxylation sites is 1. The SMILES string of the molecule is Cc1ccccc1N(CC(=O)O)C(=O)C(C)(C)C. The molecule has 0 spiro atoms. The van der Waals surface area contributed by atoms with Gasteiger partial charge in [0, 0.05) is 11.1 Å². The highest BCUT2D eigenvalue weighted by Gasteiger charge is 2.30. The highest BCUT2D eigenvalue weighted by molar-refractivity contribution is 6.00. The van der Waals surface area contributed by atoms with Gasteiger partial charge in [0.25, 0.3) is 0 Å². The summed E-state index contributed by atoms with van der Waals surface area (Å²) in [6.07, 6.45) is 0. The largest absolute Gasteiger partial charge is 0.480 e. The Morgan fingerprint density at radius 1 is 1.22 bits per heavy atom. The topological polar surface area (TPSA) is 57.6 Å². The van der Waals surface area contributed by atoms with E-state index in [1.165, 1.54) is 4.90 Å². The highest BCUT2D eigenvalue weighted by atomic mass is 16.4. The molecule has 0 aliphatic rings. The summed E-state index contributed by atoms with van der Waals surface area (Å²) in [4.78, 5) is 24.6. The number of aryl methyl sites for hydroxylation is 1. The van der Waals surface area contributed by atoms with Gasteiger partial charge in [-0.1, -0.05) is 39.0 Å². The molecule has 4 nitrogen and oxygen atoms in total. The number of amides is 1. The van der Waals surface area contributed by atoms with Crippen molar-refractivity contribution in [2.45, 2.75) is 27.7 Å². The maximum absolute atomic E-state index is 12.3. The molecule has 0 heterocycles. The minimum Gasteiger partial charge on any atom is -0.480 e. The van der Waals surface area contributed by atoms with Crippen LogP contribution in [0.4, 0.5) is 5.69 Å².